The predicted octanol–water partition coefficient (Wildman–Crippen LogP) is 2.49. The van der Waals surface area contributed by atoms with Gasteiger partial charge in [0.2, 0.25) is 0 Å². The summed E-state index contributed by atoms with van der Waals surface area (Å²) >= 11 is 0. The number of benzene rings is 1. The van der Waals surface area contributed by atoms with Gasteiger partial charge in [-0.15, -0.1) is 0 Å². The molecule has 0 aliphatic rings. The smallest absolute Gasteiger partial charge is 0.0499 e. The van der Waals surface area contributed by atoms with Crippen molar-refractivity contribution in [1.29, 1.82) is 0 Å². The van der Waals surface area contributed by atoms with Crippen LogP contribution in [0.5, 0.6) is 0 Å². The molecule has 2 N–H and O–H groups in total. The molecule has 1 aromatic carbocycles. The minimum Gasteiger partial charge on any atom is -0.396 e. The van der Waals surface area contributed by atoms with Crippen LogP contribution in [0.4, 0.5) is 0 Å². The summed E-state index contributed by atoms with van der Waals surface area (Å²) in [6.45, 7) is 2.59. The van der Waals surface area contributed by atoms with E-state index in [0.29, 0.717) is 0 Å². The van der Waals surface area contributed by atoms with Crippen molar-refractivity contribution in [2.45, 2.75) is 38.5 Å². The lowest BCUT2D eigenvalue weighted by Gasteiger charge is -2.12. The van der Waals surface area contributed by atoms with Crippen molar-refractivity contribution in [3.05, 3.63) is 35.4 Å². The molecule has 1 rings (SSSR count). The Morgan fingerprint density at radius 3 is 2.25 bits per heavy atom. The maximum Gasteiger partial charge on any atom is 0.0499 e. The third kappa shape index (κ3) is 3.95. The molecule has 0 saturated carbocycles. The number of aliphatic hydroxyl groups excluding tert-OH is 2. The molecule has 0 heterocycles. The van der Waals surface area contributed by atoms with Gasteiger partial charge in [-0.05, 0) is 36.8 Å². The second-order valence-electron chi connectivity index (χ2n) is 4.21. The number of aliphatic hydroxyl groups is 2. The van der Waals surface area contributed by atoms with E-state index < -0.39 is 0 Å². The van der Waals surface area contributed by atoms with E-state index in [2.05, 4.69) is 31.2 Å². The zero-order valence-electron chi connectivity index (χ0n) is 10.0. The largest absolute Gasteiger partial charge is 0.396 e. The van der Waals surface area contributed by atoms with Gasteiger partial charge >= 0.3 is 0 Å². The average molecular weight is 222 g/mol. The Labute approximate surface area is 97.9 Å². The van der Waals surface area contributed by atoms with E-state index in [1.165, 1.54) is 11.1 Å². The van der Waals surface area contributed by atoms with Gasteiger partial charge in [-0.25, -0.2) is 0 Å². The first-order valence-corrected chi connectivity index (χ1v) is 6.12. The van der Waals surface area contributed by atoms with E-state index in [0.717, 1.165) is 25.7 Å². The Morgan fingerprint density at radius 2 is 1.75 bits per heavy atom. The van der Waals surface area contributed by atoms with Crippen molar-refractivity contribution in [2.75, 3.05) is 13.2 Å². The first-order chi connectivity index (χ1) is 7.81. The Kier molecular flexibility index (Phi) is 6.12. The fourth-order valence-corrected chi connectivity index (χ4v) is 1.87. The number of aryl methyl sites for hydroxylation is 1. The Hall–Kier alpha value is -0.860. The maximum absolute atomic E-state index is 9.19. The standard InChI is InChI=1S/C14H22O2/c1-2-13(11-16)14-8-6-12(7-9-14)5-3-4-10-15/h6-9,13,15-16H,2-5,10-11H2,1H3. The highest BCUT2D eigenvalue weighted by atomic mass is 16.3. The van der Waals surface area contributed by atoms with Crippen LogP contribution in [0, 0.1) is 0 Å². The quantitative estimate of drug-likeness (QED) is 0.696. The maximum atomic E-state index is 9.19. The van der Waals surface area contributed by atoms with E-state index in [4.69, 9.17) is 5.11 Å². The average Bonchev–Trinajstić information content (AvgIpc) is 2.33. The van der Waals surface area contributed by atoms with E-state index in [9.17, 15) is 5.11 Å². The summed E-state index contributed by atoms with van der Waals surface area (Å²) in [5.74, 6) is 0.270. The van der Waals surface area contributed by atoms with Crippen LogP contribution in [0.15, 0.2) is 24.3 Å². The number of hydrogen-bond acceptors (Lipinski definition) is 2. The molecule has 90 valence electrons. The third-order valence-electron chi connectivity index (χ3n) is 3.04. The highest BCUT2D eigenvalue weighted by Gasteiger charge is 2.06. The van der Waals surface area contributed by atoms with Crippen LogP contribution < -0.4 is 0 Å². The highest BCUT2D eigenvalue weighted by molar-refractivity contribution is 5.25. The second kappa shape index (κ2) is 7.42. The van der Waals surface area contributed by atoms with Gasteiger partial charge in [-0.3, -0.25) is 0 Å². The monoisotopic (exact) mass is 222 g/mol. The molecule has 0 fully saturated rings. The molecule has 0 amide bonds. The summed E-state index contributed by atoms with van der Waals surface area (Å²) in [6, 6.07) is 8.48. The summed E-state index contributed by atoms with van der Waals surface area (Å²) in [4.78, 5) is 0. The molecule has 2 nitrogen and oxygen atoms in total. The summed E-state index contributed by atoms with van der Waals surface area (Å²) in [5.41, 5.74) is 2.53. The van der Waals surface area contributed by atoms with Gasteiger partial charge in [0.15, 0.2) is 0 Å². The van der Waals surface area contributed by atoms with Gasteiger partial charge in [0.05, 0.1) is 0 Å². The zero-order chi connectivity index (χ0) is 11.8. The Morgan fingerprint density at radius 1 is 1.06 bits per heavy atom. The molecule has 0 aliphatic carbocycles. The summed E-state index contributed by atoms with van der Waals surface area (Å²) in [6.07, 6.45) is 3.90. The fourth-order valence-electron chi connectivity index (χ4n) is 1.87. The van der Waals surface area contributed by atoms with Crippen LogP contribution in [0.2, 0.25) is 0 Å². The molecule has 0 saturated heterocycles. The molecule has 0 spiro atoms. The third-order valence-corrected chi connectivity index (χ3v) is 3.04. The van der Waals surface area contributed by atoms with Crippen molar-refractivity contribution in [3.63, 3.8) is 0 Å². The minimum atomic E-state index is 0.223. The SMILES string of the molecule is CCC(CO)c1ccc(CCCCO)cc1. The van der Waals surface area contributed by atoms with E-state index >= 15 is 0 Å². The fraction of sp³-hybridized carbons (Fsp3) is 0.571. The van der Waals surface area contributed by atoms with E-state index in [1.807, 2.05) is 0 Å². The molecule has 16 heavy (non-hydrogen) atoms. The van der Waals surface area contributed by atoms with Crippen LogP contribution in [-0.4, -0.2) is 23.4 Å². The Balaban J connectivity index is 2.53. The van der Waals surface area contributed by atoms with Gasteiger partial charge in [0, 0.05) is 19.1 Å². The first kappa shape index (κ1) is 13.2. The van der Waals surface area contributed by atoms with Gasteiger partial charge in [0.1, 0.15) is 0 Å². The van der Waals surface area contributed by atoms with E-state index in [1.54, 1.807) is 0 Å². The normalized spacial score (nSPS) is 12.7. The molecule has 1 aromatic rings. The topological polar surface area (TPSA) is 40.5 Å². The van der Waals surface area contributed by atoms with Gasteiger partial charge in [-0.1, -0.05) is 31.2 Å². The van der Waals surface area contributed by atoms with Crippen LogP contribution in [0.3, 0.4) is 0 Å². The molecule has 0 bridgehead atoms. The van der Waals surface area contributed by atoms with Crippen molar-refractivity contribution in [1.82, 2.24) is 0 Å². The number of hydrogen-bond donors (Lipinski definition) is 2. The molecule has 0 aliphatic heterocycles. The van der Waals surface area contributed by atoms with Gasteiger partial charge in [0.25, 0.3) is 0 Å². The second-order valence-corrected chi connectivity index (χ2v) is 4.21. The van der Waals surface area contributed by atoms with Crippen LogP contribution >= 0.6 is 0 Å². The van der Waals surface area contributed by atoms with Crippen molar-refractivity contribution >= 4 is 0 Å². The summed E-state index contributed by atoms with van der Waals surface area (Å²) < 4.78 is 0. The highest BCUT2D eigenvalue weighted by Crippen LogP contribution is 2.19. The van der Waals surface area contributed by atoms with Crippen LogP contribution in [0.1, 0.15) is 43.2 Å². The van der Waals surface area contributed by atoms with Gasteiger partial charge in [-0.2, -0.15) is 0 Å². The molecule has 1 atom stereocenters. The van der Waals surface area contributed by atoms with Gasteiger partial charge < -0.3 is 10.2 Å². The van der Waals surface area contributed by atoms with Crippen molar-refractivity contribution in [2.24, 2.45) is 0 Å². The Bertz CT molecular complexity index is 275. The lowest BCUT2D eigenvalue weighted by atomic mass is 9.95. The van der Waals surface area contributed by atoms with Crippen LogP contribution in [-0.2, 0) is 6.42 Å². The van der Waals surface area contributed by atoms with Crippen LogP contribution in [0.25, 0.3) is 0 Å². The summed E-state index contributed by atoms with van der Waals surface area (Å²) in [7, 11) is 0. The number of unbranched alkanes of at least 4 members (excludes halogenated alkanes) is 1. The molecular formula is C14H22O2. The minimum absolute atomic E-state index is 0.223. The zero-order valence-corrected chi connectivity index (χ0v) is 10.0. The molecule has 0 aromatic heterocycles. The summed E-state index contributed by atoms with van der Waals surface area (Å²) in [5, 5.41) is 17.9. The van der Waals surface area contributed by atoms with Crippen molar-refractivity contribution in [3.8, 4) is 0 Å². The predicted molar refractivity (Wildman–Crippen MR) is 66.6 cm³/mol. The lowest BCUT2D eigenvalue weighted by molar-refractivity contribution is 0.262. The first-order valence-electron chi connectivity index (χ1n) is 6.12. The molecule has 0 radical (unpaired) electrons. The lowest BCUT2D eigenvalue weighted by Crippen LogP contribution is -2.02. The van der Waals surface area contributed by atoms with E-state index in [-0.39, 0.29) is 19.1 Å². The molecular weight excluding hydrogens is 200 g/mol. The molecule has 1 unspecified atom stereocenters. The van der Waals surface area contributed by atoms with Crippen molar-refractivity contribution < 1.29 is 10.2 Å². The molecule has 2 heteroatoms. The number of rotatable bonds is 7.